The summed E-state index contributed by atoms with van der Waals surface area (Å²) in [5.41, 5.74) is 7.56. The summed E-state index contributed by atoms with van der Waals surface area (Å²) in [5.74, 6) is 0. The smallest absolute Gasteiger partial charge is 0.190 e. The second-order valence-electron chi connectivity index (χ2n) is 8.25. The van der Waals surface area contributed by atoms with Gasteiger partial charge >= 0.3 is 0 Å². The van der Waals surface area contributed by atoms with Crippen LogP contribution in [0.2, 0.25) is 0 Å². The minimum atomic E-state index is 0.00337. The van der Waals surface area contributed by atoms with Gasteiger partial charge in [-0.25, -0.2) is 5.01 Å². The molecule has 0 radical (unpaired) electrons. The van der Waals surface area contributed by atoms with Gasteiger partial charge in [-0.2, -0.15) is 5.10 Å². The summed E-state index contributed by atoms with van der Waals surface area (Å²) in [6.07, 6.45) is 5.12. The van der Waals surface area contributed by atoms with Gasteiger partial charge in [0.15, 0.2) is 5.11 Å². The molecule has 1 aromatic heterocycles. The average Bonchev–Trinajstić information content (AvgIpc) is 3.30. The molecular weight excluding hydrogens is 426 g/mol. The number of aryl methyl sites for hydroxylation is 1. The summed E-state index contributed by atoms with van der Waals surface area (Å²) in [6.45, 7) is 2.86. The monoisotopic (exact) mass is 451 g/mol. The molecule has 0 spiro atoms. The molecule has 5 nitrogen and oxygen atoms in total. The van der Waals surface area contributed by atoms with Crippen molar-refractivity contribution >= 4 is 34.1 Å². The normalized spacial score (nSPS) is 15.5. The van der Waals surface area contributed by atoms with Gasteiger partial charge in [-0.05, 0) is 54.4 Å². The Morgan fingerprint density at radius 1 is 0.970 bits per heavy atom. The molecular formula is C27H25N5S. The van der Waals surface area contributed by atoms with E-state index in [-0.39, 0.29) is 6.04 Å². The largest absolute Gasteiger partial charge is 0.361 e. The van der Waals surface area contributed by atoms with Gasteiger partial charge in [0.05, 0.1) is 22.8 Å². The molecule has 1 aliphatic heterocycles. The minimum absolute atomic E-state index is 0.00337. The minimum Gasteiger partial charge on any atom is -0.361 e. The van der Waals surface area contributed by atoms with Crippen molar-refractivity contribution in [3.8, 4) is 0 Å². The van der Waals surface area contributed by atoms with Crippen LogP contribution < -0.4 is 5.32 Å². The van der Waals surface area contributed by atoms with Crippen LogP contribution in [0.4, 0.5) is 0 Å². The van der Waals surface area contributed by atoms with E-state index in [4.69, 9.17) is 17.3 Å². The van der Waals surface area contributed by atoms with Crippen LogP contribution in [0.15, 0.2) is 90.3 Å². The lowest BCUT2D eigenvalue weighted by Crippen LogP contribution is -2.37. The van der Waals surface area contributed by atoms with Gasteiger partial charge in [0.2, 0.25) is 0 Å². The van der Waals surface area contributed by atoms with Crippen molar-refractivity contribution in [3.63, 3.8) is 0 Å². The number of nitrogens with one attached hydrogen (secondary N) is 1. The number of thiocarbonyl (C=S) groups is 1. The molecule has 0 bridgehead atoms. The molecule has 164 valence electrons. The molecule has 0 aliphatic carbocycles. The van der Waals surface area contributed by atoms with E-state index >= 15 is 0 Å². The fraction of sp³-hybridized carbons (Fsp3) is 0.185. The maximum atomic E-state index is 5.81. The lowest BCUT2D eigenvalue weighted by molar-refractivity contribution is 0.364. The van der Waals surface area contributed by atoms with Crippen molar-refractivity contribution in [3.05, 3.63) is 107 Å². The van der Waals surface area contributed by atoms with Crippen LogP contribution in [0.1, 0.15) is 34.7 Å². The van der Waals surface area contributed by atoms with Crippen molar-refractivity contribution < 1.29 is 0 Å². The van der Waals surface area contributed by atoms with Crippen molar-refractivity contribution in [1.82, 2.24) is 20.3 Å². The standard InChI is InChI=1S/C27H25N5S/c1-19-6-5-9-21(16-19)24-18-26(22-10-11-23-25(17-22)29-15-14-28-23)32(31-24)27(33)30-13-12-20-7-3-2-4-8-20/h2-11,14-17,26H,12-13,18H2,1H3,(H,30,33). The number of benzene rings is 3. The summed E-state index contributed by atoms with van der Waals surface area (Å²) >= 11 is 5.81. The quantitative estimate of drug-likeness (QED) is 0.422. The number of fused-ring (bicyclic) bond motifs is 1. The van der Waals surface area contributed by atoms with Crippen molar-refractivity contribution in [2.24, 2.45) is 5.10 Å². The zero-order chi connectivity index (χ0) is 22.6. The third-order valence-corrected chi connectivity index (χ3v) is 6.21. The van der Waals surface area contributed by atoms with Crippen molar-refractivity contribution in [1.29, 1.82) is 0 Å². The third kappa shape index (κ3) is 4.76. The molecule has 5 rings (SSSR count). The molecule has 1 aliphatic rings. The van der Waals surface area contributed by atoms with Gasteiger partial charge in [-0.1, -0.05) is 66.2 Å². The van der Waals surface area contributed by atoms with Crippen LogP contribution in [0.3, 0.4) is 0 Å². The lowest BCUT2D eigenvalue weighted by Gasteiger charge is -2.25. The first-order valence-corrected chi connectivity index (χ1v) is 11.5. The van der Waals surface area contributed by atoms with Crippen molar-refractivity contribution in [2.45, 2.75) is 25.8 Å². The molecule has 3 aromatic carbocycles. The second-order valence-corrected chi connectivity index (χ2v) is 8.64. The summed E-state index contributed by atoms with van der Waals surface area (Å²) < 4.78 is 0. The Labute approximate surface area is 199 Å². The number of hydrogen-bond acceptors (Lipinski definition) is 4. The van der Waals surface area contributed by atoms with Gasteiger partial charge in [-0.3, -0.25) is 9.97 Å². The van der Waals surface area contributed by atoms with E-state index in [1.54, 1.807) is 12.4 Å². The number of nitrogens with zero attached hydrogens (tertiary/aromatic N) is 4. The predicted molar refractivity (Wildman–Crippen MR) is 137 cm³/mol. The first-order valence-electron chi connectivity index (χ1n) is 11.1. The molecule has 1 unspecified atom stereocenters. The molecule has 33 heavy (non-hydrogen) atoms. The molecule has 1 atom stereocenters. The number of aromatic nitrogens is 2. The van der Waals surface area contributed by atoms with E-state index in [0.717, 1.165) is 47.3 Å². The predicted octanol–water partition coefficient (Wildman–Crippen LogP) is 5.21. The first-order chi connectivity index (χ1) is 16.2. The van der Waals surface area contributed by atoms with E-state index in [1.807, 2.05) is 17.1 Å². The van der Waals surface area contributed by atoms with Crippen LogP contribution in [0.25, 0.3) is 11.0 Å². The Balaban J connectivity index is 1.41. The molecule has 0 fully saturated rings. The summed E-state index contributed by atoms with van der Waals surface area (Å²) in [7, 11) is 0. The fourth-order valence-corrected chi connectivity index (χ4v) is 4.45. The summed E-state index contributed by atoms with van der Waals surface area (Å²) in [6, 6.07) is 25.1. The fourth-order valence-electron chi connectivity index (χ4n) is 4.18. The Bertz CT molecular complexity index is 1320. The Morgan fingerprint density at radius 3 is 2.61 bits per heavy atom. The van der Waals surface area contributed by atoms with E-state index < -0.39 is 0 Å². The van der Waals surface area contributed by atoms with Gasteiger partial charge < -0.3 is 5.32 Å². The van der Waals surface area contributed by atoms with E-state index in [0.29, 0.717) is 5.11 Å². The average molecular weight is 452 g/mol. The van der Waals surface area contributed by atoms with E-state index in [9.17, 15) is 0 Å². The highest BCUT2D eigenvalue weighted by Gasteiger charge is 2.31. The van der Waals surface area contributed by atoms with Gasteiger partial charge in [0.25, 0.3) is 0 Å². The molecule has 0 saturated heterocycles. The lowest BCUT2D eigenvalue weighted by atomic mass is 9.97. The van der Waals surface area contributed by atoms with Crippen molar-refractivity contribution in [2.75, 3.05) is 6.54 Å². The zero-order valence-electron chi connectivity index (χ0n) is 18.5. The SMILES string of the molecule is Cc1cccc(C2=NN(C(=S)NCCc3ccccc3)C(c3ccc4nccnc4c3)C2)c1. The van der Waals surface area contributed by atoms with Crippen LogP contribution >= 0.6 is 12.2 Å². The topological polar surface area (TPSA) is 53.4 Å². The highest BCUT2D eigenvalue weighted by Crippen LogP contribution is 2.34. The Hall–Kier alpha value is -3.64. The van der Waals surface area contributed by atoms with E-state index in [1.165, 1.54) is 11.1 Å². The van der Waals surface area contributed by atoms with Gasteiger partial charge in [0, 0.05) is 25.4 Å². The molecule has 2 heterocycles. The molecule has 1 N–H and O–H groups in total. The van der Waals surface area contributed by atoms with E-state index in [2.05, 4.69) is 82.9 Å². The molecule has 0 saturated carbocycles. The molecule has 6 heteroatoms. The number of hydrazone groups is 1. The highest BCUT2D eigenvalue weighted by atomic mass is 32.1. The Kier molecular flexibility index (Phi) is 6.09. The van der Waals surface area contributed by atoms with Crippen LogP contribution in [-0.4, -0.2) is 32.3 Å². The third-order valence-electron chi connectivity index (χ3n) is 5.88. The zero-order valence-corrected chi connectivity index (χ0v) is 19.3. The maximum Gasteiger partial charge on any atom is 0.190 e. The van der Waals surface area contributed by atoms with Gasteiger partial charge in [0.1, 0.15) is 0 Å². The van der Waals surface area contributed by atoms with Crippen LogP contribution in [-0.2, 0) is 6.42 Å². The highest BCUT2D eigenvalue weighted by molar-refractivity contribution is 7.80. The Morgan fingerprint density at radius 2 is 1.79 bits per heavy atom. The maximum absolute atomic E-state index is 5.81. The number of hydrogen-bond donors (Lipinski definition) is 1. The van der Waals surface area contributed by atoms with Crippen LogP contribution in [0, 0.1) is 6.92 Å². The summed E-state index contributed by atoms with van der Waals surface area (Å²) in [5, 5.41) is 11.0. The molecule has 0 amide bonds. The number of rotatable bonds is 5. The van der Waals surface area contributed by atoms with Gasteiger partial charge in [-0.15, -0.1) is 0 Å². The summed E-state index contributed by atoms with van der Waals surface area (Å²) in [4.78, 5) is 8.89. The van der Waals surface area contributed by atoms with Crippen LogP contribution in [0.5, 0.6) is 0 Å². The molecule has 4 aromatic rings. The first kappa shape index (κ1) is 21.2. The second kappa shape index (κ2) is 9.46.